The van der Waals surface area contributed by atoms with Crippen LogP contribution < -0.4 is 5.32 Å². The van der Waals surface area contributed by atoms with Crippen LogP contribution in [0, 0.1) is 0 Å². The highest BCUT2D eigenvalue weighted by Crippen LogP contribution is 2.49. The van der Waals surface area contributed by atoms with Crippen molar-refractivity contribution in [3.05, 3.63) is 0 Å². The van der Waals surface area contributed by atoms with Crippen molar-refractivity contribution >= 4 is 11.8 Å². The van der Waals surface area contributed by atoms with Crippen LogP contribution >= 0.6 is 0 Å². The predicted octanol–water partition coefficient (Wildman–Crippen LogP) is 1.21. The van der Waals surface area contributed by atoms with Crippen molar-refractivity contribution in [3.63, 3.8) is 0 Å². The van der Waals surface area contributed by atoms with Crippen LogP contribution in [0.3, 0.4) is 0 Å². The summed E-state index contributed by atoms with van der Waals surface area (Å²) in [7, 11) is 0. The highest BCUT2D eigenvalue weighted by atomic mass is 19.4. The Kier molecular flexibility index (Phi) is 2.92. The number of hydrogen-bond acceptors (Lipinski definition) is 3. The van der Waals surface area contributed by atoms with E-state index < -0.39 is 29.6 Å². The number of nitrogens with zero attached hydrogens (tertiary/aromatic N) is 1. The fourth-order valence-corrected chi connectivity index (χ4v) is 2.27. The molecule has 4 nitrogen and oxygen atoms in total. The second kappa shape index (κ2) is 3.94. The molecule has 2 amide bonds. The number of imide groups is 1. The summed E-state index contributed by atoms with van der Waals surface area (Å²) < 4.78 is 38.3. The van der Waals surface area contributed by atoms with Crippen molar-refractivity contribution in [2.45, 2.75) is 56.9 Å². The Bertz CT molecular complexity index is 388. The van der Waals surface area contributed by atoms with Gasteiger partial charge in [-0.05, 0) is 26.7 Å². The number of carbonyl (C=O) groups excluding carboxylic acids is 2. The van der Waals surface area contributed by atoms with Gasteiger partial charge in [-0.15, -0.1) is 0 Å². The molecule has 0 radical (unpaired) electrons. The van der Waals surface area contributed by atoms with E-state index in [1.165, 1.54) is 0 Å². The third-order valence-electron chi connectivity index (χ3n) is 3.44. The minimum atomic E-state index is -4.37. The average Bonchev–Trinajstić information content (AvgIpc) is 2.90. The molecule has 1 saturated heterocycles. The number of likely N-dealkylation sites (tertiary alicyclic amines) is 1. The number of amides is 2. The van der Waals surface area contributed by atoms with Crippen molar-refractivity contribution in [3.8, 4) is 0 Å². The zero-order chi connectivity index (χ0) is 13.7. The number of rotatable bonds is 3. The third-order valence-corrected chi connectivity index (χ3v) is 3.44. The molecule has 1 unspecified atom stereocenters. The molecule has 0 spiro atoms. The standard InChI is InChI=1S/C11H15F3N2O2/c1-6(2)16-8(17)5-7(9(16)18)15-10(3-4-10)11(12,13)14/h6-7,15H,3-5H2,1-2H3. The molecule has 1 heterocycles. The molecule has 1 saturated carbocycles. The SMILES string of the molecule is CC(C)N1C(=O)CC(NC2(C(F)(F)F)CC2)C1=O. The second-order valence-corrected chi connectivity index (χ2v) is 5.18. The summed E-state index contributed by atoms with van der Waals surface area (Å²) in [5, 5.41) is 2.33. The van der Waals surface area contributed by atoms with E-state index in [4.69, 9.17) is 0 Å². The lowest BCUT2D eigenvalue weighted by Gasteiger charge is -2.24. The number of alkyl halides is 3. The van der Waals surface area contributed by atoms with E-state index in [1.54, 1.807) is 13.8 Å². The van der Waals surface area contributed by atoms with Crippen molar-refractivity contribution < 1.29 is 22.8 Å². The van der Waals surface area contributed by atoms with Gasteiger partial charge in [-0.25, -0.2) is 0 Å². The van der Waals surface area contributed by atoms with Gasteiger partial charge in [-0.3, -0.25) is 19.8 Å². The van der Waals surface area contributed by atoms with Gasteiger partial charge in [0.05, 0.1) is 12.5 Å². The van der Waals surface area contributed by atoms with E-state index >= 15 is 0 Å². The zero-order valence-electron chi connectivity index (χ0n) is 10.2. The summed E-state index contributed by atoms with van der Waals surface area (Å²) in [6.07, 6.45) is -4.62. The van der Waals surface area contributed by atoms with Crippen molar-refractivity contribution in [2.24, 2.45) is 0 Å². The van der Waals surface area contributed by atoms with Gasteiger partial charge in [0.2, 0.25) is 11.8 Å². The second-order valence-electron chi connectivity index (χ2n) is 5.18. The molecule has 7 heteroatoms. The molecule has 0 aromatic rings. The predicted molar refractivity (Wildman–Crippen MR) is 56.5 cm³/mol. The molecule has 1 N–H and O–H groups in total. The molecule has 102 valence electrons. The van der Waals surface area contributed by atoms with E-state index in [0.29, 0.717) is 0 Å². The van der Waals surface area contributed by atoms with Gasteiger partial charge in [-0.1, -0.05) is 0 Å². The summed E-state index contributed by atoms with van der Waals surface area (Å²) in [6, 6.07) is -1.36. The lowest BCUT2D eigenvalue weighted by Crippen LogP contribution is -2.52. The van der Waals surface area contributed by atoms with Crippen molar-refractivity contribution in [2.75, 3.05) is 0 Å². The molecular formula is C11H15F3N2O2. The quantitative estimate of drug-likeness (QED) is 0.779. The minimum absolute atomic E-state index is 0.0316. The van der Waals surface area contributed by atoms with Crippen LogP contribution in [0.5, 0.6) is 0 Å². The summed E-state index contributed by atoms with van der Waals surface area (Å²) >= 11 is 0. The Balaban J connectivity index is 2.09. The first kappa shape index (κ1) is 13.3. The van der Waals surface area contributed by atoms with Crippen molar-refractivity contribution in [1.29, 1.82) is 0 Å². The van der Waals surface area contributed by atoms with E-state index in [1.807, 2.05) is 0 Å². The van der Waals surface area contributed by atoms with Crippen LogP contribution in [-0.2, 0) is 9.59 Å². The Hall–Kier alpha value is -1.11. The maximum absolute atomic E-state index is 12.8. The largest absolute Gasteiger partial charge is 0.406 e. The van der Waals surface area contributed by atoms with E-state index in [-0.39, 0.29) is 25.3 Å². The number of carbonyl (C=O) groups is 2. The highest BCUT2D eigenvalue weighted by Gasteiger charge is 2.65. The van der Waals surface area contributed by atoms with Crippen LogP contribution in [-0.4, -0.2) is 40.5 Å². The zero-order valence-corrected chi connectivity index (χ0v) is 10.2. The normalized spacial score (nSPS) is 27.2. The fourth-order valence-electron chi connectivity index (χ4n) is 2.27. The molecule has 0 bridgehead atoms. The van der Waals surface area contributed by atoms with Gasteiger partial charge in [0.1, 0.15) is 5.54 Å². The molecule has 0 aromatic carbocycles. The molecule has 1 aliphatic heterocycles. The molecule has 2 rings (SSSR count). The monoisotopic (exact) mass is 264 g/mol. The average molecular weight is 264 g/mol. The maximum atomic E-state index is 12.8. The first-order valence-corrected chi connectivity index (χ1v) is 5.88. The van der Waals surface area contributed by atoms with Gasteiger partial charge in [0.25, 0.3) is 0 Å². The van der Waals surface area contributed by atoms with E-state index in [2.05, 4.69) is 5.32 Å². The van der Waals surface area contributed by atoms with Gasteiger partial charge >= 0.3 is 6.18 Å². The van der Waals surface area contributed by atoms with Crippen LogP contribution in [0.15, 0.2) is 0 Å². The number of halogens is 3. The molecule has 1 aliphatic carbocycles. The molecular weight excluding hydrogens is 249 g/mol. The Morgan fingerprint density at radius 3 is 2.22 bits per heavy atom. The minimum Gasteiger partial charge on any atom is -0.292 e. The molecule has 0 aromatic heterocycles. The summed E-state index contributed by atoms with van der Waals surface area (Å²) in [5.41, 5.74) is -1.96. The molecule has 1 atom stereocenters. The Labute approximate surface area is 103 Å². The summed E-state index contributed by atoms with van der Waals surface area (Å²) in [5.74, 6) is -0.962. The molecule has 2 aliphatic rings. The number of hydrogen-bond donors (Lipinski definition) is 1. The first-order valence-electron chi connectivity index (χ1n) is 5.88. The number of nitrogens with one attached hydrogen (secondary N) is 1. The first-order chi connectivity index (χ1) is 8.18. The summed E-state index contributed by atoms with van der Waals surface area (Å²) in [6.45, 7) is 3.32. The Morgan fingerprint density at radius 1 is 1.33 bits per heavy atom. The fraction of sp³-hybridized carbons (Fsp3) is 0.818. The molecule has 18 heavy (non-hydrogen) atoms. The van der Waals surface area contributed by atoms with Crippen LogP contribution in [0.4, 0.5) is 13.2 Å². The van der Waals surface area contributed by atoms with E-state index in [9.17, 15) is 22.8 Å². The molecule has 2 fully saturated rings. The van der Waals surface area contributed by atoms with Crippen LogP contribution in [0.1, 0.15) is 33.1 Å². The third kappa shape index (κ3) is 2.00. The lowest BCUT2D eigenvalue weighted by atomic mass is 10.1. The highest BCUT2D eigenvalue weighted by molar-refractivity contribution is 6.05. The van der Waals surface area contributed by atoms with Gasteiger partial charge in [-0.2, -0.15) is 13.2 Å². The van der Waals surface area contributed by atoms with Crippen molar-refractivity contribution in [1.82, 2.24) is 10.2 Å². The van der Waals surface area contributed by atoms with E-state index in [0.717, 1.165) is 4.90 Å². The Morgan fingerprint density at radius 2 is 1.89 bits per heavy atom. The topological polar surface area (TPSA) is 49.4 Å². The smallest absolute Gasteiger partial charge is 0.292 e. The van der Waals surface area contributed by atoms with Gasteiger partial charge in [0.15, 0.2) is 0 Å². The maximum Gasteiger partial charge on any atom is 0.406 e. The van der Waals surface area contributed by atoms with Crippen LogP contribution in [0.25, 0.3) is 0 Å². The van der Waals surface area contributed by atoms with Gasteiger partial charge in [0, 0.05) is 6.04 Å². The van der Waals surface area contributed by atoms with Crippen LogP contribution in [0.2, 0.25) is 0 Å². The lowest BCUT2D eigenvalue weighted by molar-refractivity contribution is -0.168. The summed E-state index contributed by atoms with van der Waals surface area (Å²) in [4.78, 5) is 24.5. The van der Waals surface area contributed by atoms with Gasteiger partial charge < -0.3 is 0 Å².